The number of nitrogens with zero attached hydrogens (tertiary/aromatic N) is 2. The Balaban J connectivity index is 0.00000243. The molecule has 1 atom stereocenters. The van der Waals surface area contributed by atoms with E-state index in [1.54, 1.807) is 12.1 Å². The number of halogens is 1. The molecule has 1 aromatic heterocycles. The number of benzene rings is 1. The van der Waals surface area contributed by atoms with Gasteiger partial charge in [-0.3, -0.25) is 4.79 Å². The van der Waals surface area contributed by atoms with Crippen LogP contribution in [0.1, 0.15) is 49.9 Å². The summed E-state index contributed by atoms with van der Waals surface area (Å²) in [5.74, 6) is 1.15. The summed E-state index contributed by atoms with van der Waals surface area (Å²) in [6.45, 7) is 8.26. The van der Waals surface area contributed by atoms with Crippen LogP contribution in [0.15, 0.2) is 28.8 Å². The molecule has 1 amide bonds. The Morgan fingerprint density at radius 2 is 2.04 bits per heavy atom. The van der Waals surface area contributed by atoms with E-state index in [0.717, 1.165) is 37.9 Å². The molecule has 1 aliphatic rings. The van der Waals surface area contributed by atoms with E-state index < -0.39 is 0 Å². The lowest BCUT2D eigenvalue weighted by molar-refractivity contribution is 0.0930. The highest BCUT2D eigenvalue weighted by Gasteiger charge is 2.18. The Morgan fingerprint density at radius 3 is 2.65 bits per heavy atom. The highest BCUT2D eigenvalue weighted by Crippen LogP contribution is 2.22. The Morgan fingerprint density at radius 1 is 1.31 bits per heavy atom. The number of carbonyl (C=O) groups excluding carboxylic acids is 1. The van der Waals surface area contributed by atoms with E-state index in [-0.39, 0.29) is 29.8 Å². The summed E-state index contributed by atoms with van der Waals surface area (Å²) in [6.07, 6.45) is 2.85. The van der Waals surface area contributed by atoms with Crippen molar-refractivity contribution < 1.29 is 9.32 Å². The minimum Gasteiger partial charge on any atom is -0.348 e. The number of rotatable bonds is 4. The molecule has 26 heavy (non-hydrogen) atoms. The molecule has 1 aromatic carbocycles. The number of aromatic nitrogens is 2. The molecule has 2 heterocycles. The van der Waals surface area contributed by atoms with Gasteiger partial charge in [0.05, 0.1) is 0 Å². The third kappa shape index (κ3) is 5.54. The van der Waals surface area contributed by atoms with Crippen molar-refractivity contribution in [2.75, 3.05) is 13.1 Å². The lowest BCUT2D eigenvalue weighted by Gasteiger charge is -2.23. The number of hydrogen-bond acceptors (Lipinski definition) is 5. The number of amides is 1. The fraction of sp³-hybridized carbons (Fsp3) is 0.526. The van der Waals surface area contributed by atoms with Crippen molar-refractivity contribution in [1.29, 1.82) is 0 Å². The van der Waals surface area contributed by atoms with Crippen molar-refractivity contribution in [2.45, 2.75) is 46.1 Å². The topological polar surface area (TPSA) is 80.0 Å². The Bertz CT molecular complexity index is 716. The largest absolute Gasteiger partial charge is 0.348 e. The second-order valence-electron chi connectivity index (χ2n) is 7.84. The average Bonchev–Trinajstić information content (AvgIpc) is 3.02. The van der Waals surface area contributed by atoms with Crippen LogP contribution >= 0.6 is 12.4 Å². The van der Waals surface area contributed by atoms with Crippen LogP contribution in [-0.2, 0) is 6.42 Å². The minimum absolute atomic E-state index is 0. The number of nitrogens with one attached hydrogen (secondary N) is 2. The van der Waals surface area contributed by atoms with Gasteiger partial charge in [0.1, 0.15) is 0 Å². The maximum atomic E-state index is 12.3. The monoisotopic (exact) mass is 378 g/mol. The minimum atomic E-state index is -0.0400. The molecule has 7 heteroatoms. The van der Waals surface area contributed by atoms with Crippen molar-refractivity contribution in [3.63, 3.8) is 0 Å². The highest BCUT2D eigenvalue weighted by atomic mass is 35.5. The molecule has 6 nitrogen and oxygen atoms in total. The zero-order valence-corrected chi connectivity index (χ0v) is 16.4. The fourth-order valence-corrected chi connectivity index (χ4v) is 2.91. The maximum absolute atomic E-state index is 12.3. The molecule has 0 saturated carbocycles. The molecule has 2 aromatic rings. The fourth-order valence-electron chi connectivity index (χ4n) is 2.91. The zero-order chi connectivity index (χ0) is 17.9. The van der Waals surface area contributed by atoms with E-state index in [1.807, 2.05) is 12.1 Å². The van der Waals surface area contributed by atoms with Gasteiger partial charge < -0.3 is 15.2 Å². The first-order chi connectivity index (χ1) is 11.9. The van der Waals surface area contributed by atoms with Gasteiger partial charge in [0.2, 0.25) is 11.7 Å². The molecular formula is C19H27ClN4O2. The maximum Gasteiger partial charge on any atom is 0.251 e. The molecule has 1 fully saturated rings. The lowest BCUT2D eigenvalue weighted by Crippen LogP contribution is -2.45. The first-order valence-corrected chi connectivity index (χ1v) is 8.85. The molecule has 0 unspecified atom stereocenters. The van der Waals surface area contributed by atoms with Crippen LogP contribution in [0.2, 0.25) is 0 Å². The number of piperidine rings is 1. The number of hydrogen-bond donors (Lipinski definition) is 2. The van der Waals surface area contributed by atoms with Gasteiger partial charge in [-0.1, -0.05) is 38.1 Å². The average molecular weight is 379 g/mol. The molecule has 0 radical (unpaired) electrons. The van der Waals surface area contributed by atoms with Crippen molar-refractivity contribution in [1.82, 2.24) is 20.8 Å². The molecule has 0 bridgehead atoms. The molecular weight excluding hydrogens is 352 g/mol. The highest BCUT2D eigenvalue weighted by molar-refractivity contribution is 5.94. The SMILES string of the molecule is CC(C)(C)Cc1nc(-c2ccc(C(=O)N[C@H]3CCCNC3)cc2)no1.Cl. The third-order valence-corrected chi connectivity index (χ3v) is 4.19. The first kappa shape index (κ1) is 20.4. The normalized spacial score (nSPS) is 17.4. The molecule has 1 aliphatic heterocycles. The second-order valence-corrected chi connectivity index (χ2v) is 7.84. The quantitative estimate of drug-likeness (QED) is 0.853. The Labute approximate surface area is 160 Å². The molecule has 142 valence electrons. The van der Waals surface area contributed by atoms with Gasteiger partial charge in [0, 0.05) is 30.1 Å². The van der Waals surface area contributed by atoms with Crippen LogP contribution in [0.4, 0.5) is 0 Å². The smallest absolute Gasteiger partial charge is 0.251 e. The standard InChI is InChI=1S/C19H26N4O2.ClH/c1-19(2,3)11-16-22-17(23-25-16)13-6-8-14(9-7-13)18(24)21-15-5-4-10-20-12-15;/h6-9,15,20H,4-5,10-12H2,1-3H3,(H,21,24);1H/t15-;/m0./s1. The van der Waals surface area contributed by atoms with Crippen LogP contribution in [0.5, 0.6) is 0 Å². The van der Waals surface area contributed by atoms with E-state index in [9.17, 15) is 4.79 Å². The van der Waals surface area contributed by atoms with Crippen molar-refractivity contribution >= 4 is 18.3 Å². The first-order valence-electron chi connectivity index (χ1n) is 8.85. The van der Waals surface area contributed by atoms with E-state index in [2.05, 4.69) is 41.5 Å². The number of carbonyl (C=O) groups is 1. The molecule has 0 aliphatic carbocycles. The summed E-state index contributed by atoms with van der Waals surface area (Å²) in [7, 11) is 0. The summed E-state index contributed by atoms with van der Waals surface area (Å²) in [5.41, 5.74) is 1.59. The Hall–Kier alpha value is -1.92. The second kappa shape index (κ2) is 8.64. The van der Waals surface area contributed by atoms with Crippen LogP contribution < -0.4 is 10.6 Å². The predicted molar refractivity (Wildman–Crippen MR) is 103 cm³/mol. The van der Waals surface area contributed by atoms with Crippen molar-refractivity contribution in [3.05, 3.63) is 35.7 Å². The van der Waals surface area contributed by atoms with E-state index in [0.29, 0.717) is 17.3 Å². The van der Waals surface area contributed by atoms with Gasteiger partial charge in [-0.25, -0.2) is 0 Å². The summed E-state index contributed by atoms with van der Waals surface area (Å²) in [4.78, 5) is 16.8. The zero-order valence-electron chi connectivity index (χ0n) is 15.5. The van der Waals surface area contributed by atoms with Gasteiger partial charge in [-0.2, -0.15) is 4.98 Å². The lowest BCUT2D eigenvalue weighted by atomic mass is 9.92. The van der Waals surface area contributed by atoms with Gasteiger partial charge in [0.25, 0.3) is 5.91 Å². The van der Waals surface area contributed by atoms with Gasteiger partial charge in [0.15, 0.2) is 0 Å². The Kier molecular flexibility index (Phi) is 6.78. The summed E-state index contributed by atoms with van der Waals surface area (Å²) >= 11 is 0. The summed E-state index contributed by atoms with van der Waals surface area (Å²) < 4.78 is 5.33. The summed E-state index contributed by atoms with van der Waals surface area (Å²) in [5, 5.41) is 10.4. The van der Waals surface area contributed by atoms with E-state index in [1.165, 1.54) is 0 Å². The molecule has 3 rings (SSSR count). The van der Waals surface area contributed by atoms with Crippen LogP contribution in [-0.4, -0.2) is 35.2 Å². The third-order valence-electron chi connectivity index (χ3n) is 4.19. The van der Waals surface area contributed by atoms with Gasteiger partial charge in [-0.15, -0.1) is 12.4 Å². The molecule has 2 N–H and O–H groups in total. The van der Waals surface area contributed by atoms with Crippen molar-refractivity contribution in [3.8, 4) is 11.4 Å². The van der Waals surface area contributed by atoms with Crippen LogP contribution in [0.3, 0.4) is 0 Å². The summed E-state index contributed by atoms with van der Waals surface area (Å²) in [6, 6.07) is 7.54. The van der Waals surface area contributed by atoms with E-state index in [4.69, 9.17) is 4.52 Å². The molecule has 1 saturated heterocycles. The van der Waals surface area contributed by atoms with Crippen LogP contribution in [0, 0.1) is 5.41 Å². The van der Waals surface area contributed by atoms with Crippen molar-refractivity contribution in [2.24, 2.45) is 5.41 Å². The van der Waals surface area contributed by atoms with Crippen LogP contribution in [0.25, 0.3) is 11.4 Å². The predicted octanol–water partition coefficient (Wildman–Crippen LogP) is 3.23. The van der Waals surface area contributed by atoms with Gasteiger partial charge in [-0.05, 0) is 36.9 Å². The molecule has 0 spiro atoms. The van der Waals surface area contributed by atoms with E-state index >= 15 is 0 Å². The van der Waals surface area contributed by atoms with Gasteiger partial charge >= 0.3 is 0 Å².